The third-order valence-electron chi connectivity index (χ3n) is 3.45. The number of hydrogen-bond donors (Lipinski definition) is 2. The summed E-state index contributed by atoms with van der Waals surface area (Å²) in [4.78, 5) is 11.9. The highest BCUT2D eigenvalue weighted by Crippen LogP contribution is 2.32. The zero-order valence-corrected chi connectivity index (χ0v) is 13.5. The average Bonchev–Trinajstić information content (AvgIpc) is 2.59. The van der Waals surface area contributed by atoms with E-state index < -0.39 is 0 Å². The Kier molecular flexibility index (Phi) is 5.05. The van der Waals surface area contributed by atoms with Crippen LogP contribution in [0.4, 0.5) is 10.5 Å². The first kappa shape index (κ1) is 16.0. The maximum Gasteiger partial charge on any atom is 0.319 e. The van der Waals surface area contributed by atoms with Crippen molar-refractivity contribution in [1.82, 2.24) is 5.32 Å². The molecule has 2 aromatic rings. The number of ether oxygens (including phenoxy) is 3. The van der Waals surface area contributed by atoms with E-state index in [0.717, 1.165) is 11.3 Å². The van der Waals surface area contributed by atoms with E-state index in [1.807, 2.05) is 31.2 Å². The minimum absolute atomic E-state index is 0.292. The summed E-state index contributed by atoms with van der Waals surface area (Å²) in [5, 5.41) is 5.51. The van der Waals surface area contributed by atoms with E-state index in [2.05, 4.69) is 10.6 Å². The number of urea groups is 1. The molecule has 6 nitrogen and oxygen atoms in total. The van der Waals surface area contributed by atoms with Crippen molar-refractivity contribution in [2.24, 2.45) is 0 Å². The molecule has 0 bridgehead atoms. The number of anilines is 1. The summed E-state index contributed by atoms with van der Waals surface area (Å²) in [6.07, 6.45) is 0. The first-order chi connectivity index (χ1) is 11.7. The molecule has 1 aliphatic rings. The van der Waals surface area contributed by atoms with Crippen LogP contribution in [0.3, 0.4) is 0 Å². The van der Waals surface area contributed by atoms with Gasteiger partial charge in [-0.15, -0.1) is 0 Å². The van der Waals surface area contributed by atoms with Crippen LogP contribution in [0.25, 0.3) is 0 Å². The Balaban J connectivity index is 1.42. The van der Waals surface area contributed by atoms with Gasteiger partial charge in [0, 0.05) is 11.8 Å². The molecule has 126 valence electrons. The largest absolute Gasteiger partial charge is 0.492 e. The van der Waals surface area contributed by atoms with Gasteiger partial charge in [-0.2, -0.15) is 0 Å². The Bertz CT molecular complexity index is 718. The number of amides is 2. The zero-order valence-electron chi connectivity index (χ0n) is 13.5. The van der Waals surface area contributed by atoms with Crippen molar-refractivity contribution < 1.29 is 19.0 Å². The molecule has 1 aliphatic heterocycles. The topological polar surface area (TPSA) is 68.8 Å². The van der Waals surface area contributed by atoms with Crippen LogP contribution in [-0.2, 0) is 0 Å². The van der Waals surface area contributed by atoms with E-state index in [4.69, 9.17) is 14.2 Å². The number of carbonyl (C=O) groups is 1. The summed E-state index contributed by atoms with van der Waals surface area (Å²) in [5.74, 6) is 2.13. The number of aryl methyl sites for hydroxylation is 1. The number of fused-ring (bicyclic) bond motifs is 1. The normalized spacial score (nSPS) is 12.4. The molecular formula is C18H20N2O4. The van der Waals surface area contributed by atoms with Crippen molar-refractivity contribution in [1.29, 1.82) is 0 Å². The molecule has 2 aromatic carbocycles. The fraction of sp³-hybridized carbons (Fsp3) is 0.278. The van der Waals surface area contributed by atoms with Gasteiger partial charge >= 0.3 is 6.03 Å². The van der Waals surface area contributed by atoms with Crippen molar-refractivity contribution >= 4 is 11.7 Å². The van der Waals surface area contributed by atoms with E-state index in [0.29, 0.717) is 43.6 Å². The van der Waals surface area contributed by atoms with Crippen molar-refractivity contribution in [2.75, 3.05) is 31.7 Å². The van der Waals surface area contributed by atoms with Crippen molar-refractivity contribution in [3.8, 4) is 17.2 Å². The maximum atomic E-state index is 11.9. The fourth-order valence-corrected chi connectivity index (χ4v) is 2.33. The van der Waals surface area contributed by atoms with Gasteiger partial charge in [0.05, 0.1) is 6.54 Å². The first-order valence-corrected chi connectivity index (χ1v) is 7.85. The Morgan fingerprint density at radius 3 is 2.79 bits per heavy atom. The summed E-state index contributed by atoms with van der Waals surface area (Å²) in [6, 6.07) is 12.8. The highest BCUT2D eigenvalue weighted by molar-refractivity contribution is 5.89. The second-order valence-corrected chi connectivity index (χ2v) is 5.40. The minimum atomic E-state index is -0.292. The van der Waals surface area contributed by atoms with E-state index in [1.54, 1.807) is 18.2 Å². The number of nitrogens with one attached hydrogen (secondary N) is 2. The van der Waals surface area contributed by atoms with Gasteiger partial charge < -0.3 is 24.8 Å². The standard InChI is InChI=1S/C18H20N2O4/c1-13-3-2-4-15(11-13)22-8-7-19-18(21)20-14-5-6-16-17(12-14)24-10-9-23-16/h2-6,11-12H,7-10H2,1H3,(H2,19,20,21). The van der Waals surface area contributed by atoms with Crippen molar-refractivity contribution in [3.05, 3.63) is 48.0 Å². The Morgan fingerprint density at radius 1 is 1.12 bits per heavy atom. The van der Waals surface area contributed by atoms with Crippen LogP contribution >= 0.6 is 0 Å². The molecule has 0 saturated carbocycles. The monoisotopic (exact) mass is 328 g/mol. The van der Waals surface area contributed by atoms with Gasteiger partial charge in [0.2, 0.25) is 0 Å². The summed E-state index contributed by atoms with van der Waals surface area (Å²) in [6.45, 7) is 3.87. The van der Waals surface area contributed by atoms with E-state index in [1.165, 1.54) is 0 Å². The Labute approximate surface area is 140 Å². The van der Waals surface area contributed by atoms with Gasteiger partial charge in [-0.1, -0.05) is 12.1 Å². The highest BCUT2D eigenvalue weighted by Gasteiger charge is 2.12. The first-order valence-electron chi connectivity index (χ1n) is 7.85. The average molecular weight is 328 g/mol. The minimum Gasteiger partial charge on any atom is -0.492 e. The molecule has 0 fully saturated rings. The molecule has 2 N–H and O–H groups in total. The fourth-order valence-electron chi connectivity index (χ4n) is 2.33. The lowest BCUT2D eigenvalue weighted by molar-refractivity contribution is 0.171. The van der Waals surface area contributed by atoms with Gasteiger partial charge in [-0.3, -0.25) is 0 Å². The Morgan fingerprint density at radius 2 is 1.96 bits per heavy atom. The van der Waals surface area contributed by atoms with E-state index in [9.17, 15) is 4.79 Å². The SMILES string of the molecule is Cc1cccc(OCCNC(=O)Nc2ccc3c(c2)OCCO3)c1. The van der Waals surface area contributed by atoms with Crippen LogP contribution in [-0.4, -0.2) is 32.4 Å². The van der Waals surface area contributed by atoms with Crippen LogP contribution in [0.1, 0.15) is 5.56 Å². The molecule has 0 unspecified atom stereocenters. The predicted octanol–water partition coefficient (Wildman–Crippen LogP) is 2.97. The van der Waals surface area contributed by atoms with Crippen LogP contribution < -0.4 is 24.8 Å². The van der Waals surface area contributed by atoms with Gasteiger partial charge in [0.1, 0.15) is 25.6 Å². The van der Waals surface area contributed by atoms with Crippen molar-refractivity contribution in [3.63, 3.8) is 0 Å². The third-order valence-corrected chi connectivity index (χ3v) is 3.45. The van der Waals surface area contributed by atoms with E-state index in [-0.39, 0.29) is 6.03 Å². The molecule has 6 heteroatoms. The van der Waals surface area contributed by atoms with Crippen molar-refractivity contribution in [2.45, 2.75) is 6.92 Å². The molecular weight excluding hydrogens is 308 g/mol. The molecule has 0 atom stereocenters. The third kappa shape index (κ3) is 4.32. The summed E-state index contributed by atoms with van der Waals surface area (Å²) in [5.41, 5.74) is 1.79. The molecule has 2 amide bonds. The smallest absolute Gasteiger partial charge is 0.319 e. The molecule has 24 heavy (non-hydrogen) atoms. The van der Waals surface area contributed by atoms with Crippen LogP contribution in [0.2, 0.25) is 0 Å². The molecule has 0 spiro atoms. The van der Waals surface area contributed by atoms with Gasteiger partial charge in [0.25, 0.3) is 0 Å². The van der Waals surface area contributed by atoms with Crippen LogP contribution in [0.15, 0.2) is 42.5 Å². The zero-order chi connectivity index (χ0) is 16.8. The second-order valence-electron chi connectivity index (χ2n) is 5.40. The van der Waals surface area contributed by atoms with Crippen LogP contribution in [0.5, 0.6) is 17.2 Å². The number of carbonyl (C=O) groups excluding carboxylic acids is 1. The molecule has 0 aromatic heterocycles. The van der Waals surface area contributed by atoms with Gasteiger partial charge in [-0.25, -0.2) is 4.79 Å². The number of hydrogen-bond acceptors (Lipinski definition) is 4. The summed E-state index contributed by atoms with van der Waals surface area (Å²) >= 11 is 0. The maximum absolute atomic E-state index is 11.9. The molecule has 0 aliphatic carbocycles. The second kappa shape index (κ2) is 7.59. The summed E-state index contributed by atoms with van der Waals surface area (Å²) < 4.78 is 16.5. The lowest BCUT2D eigenvalue weighted by atomic mass is 10.2. The van der Waals surface area contributed by atoms with Gasteiger partial charge in [-0.05, 0) is 36.8 Å². The quantitative estimate of drug-likeness (QED) is 0.828. The predicted molar refractivity (Wildman–Crippen MR) is 91.1 cm³/mol. The molecule has 0 saturated heterocycles. The van der Waals surface area contributed by atoms with Gasteiger partial charge in [0.15, 0.2) is 11.5 Å². The van der Waals surface area contributed by atoms with E-state index >= 15 is 0 Å². The highest BCUT2D eigenvalue weighted by atomic mass is 16.6. The molecule has 0 radical (unpaired) electrons. The molecule has 3 rings (SSSR count). The lowest BCUT2D eigenvalue weighted by Crippen LogP contribution is -2.32. The summed E-state index contributed by atoms with van der Waals surface area (Å²) in [7, 11) is 0. The number of benzene rings is 2. The Hall–Kier alpha value is -2.89. The number of rotatable bonds is 5. The van der Waals surface area contributed by atoms with Crippen LogP contribution in [0, 0.1) is 6.92 Å². The molecule has 1 heterocycles. The lowest BCUT2D eigenvalue weighted by Gasteiger charge is -2.19.